The van der Waals surface area contributed by atoms with Gasteiger partial charge in [0.1, 0.15) is 11.0 Å². The summed E-state index contributed by atoms with van der Waals surface area (Å²) in [6, 6.07) is 65.1. The first-order valence-corrected chi connectivity index (χ1v) is 21.2. The zero-order chi connectivity index (χ0) is 34.1. The van der Waals surface area contributed by atoms with Gasteiger partial charge in [-0.2, -0.15) is 0 Å². The van der Waals surface area contributed by atoms with Gasteiger partial charge in [0, 0.05) is 9.79 Å². The number of rotatable bonds is 10. The van der Waals surface area contributed by atoms with E-state index in [2.05, 4.69) is 207 Å². The van der Waals surface area contributed by atoms with Crippen LogP contribution in [0.5, 0.6) is 0 Å². The molecule has 0 amide bonds. The zero-order valence-electron chi connectivity index (χ0n) is 26.6. The molecule has 49 heavy (non-hydrogen) atoms. The molecular formula is C40H36N2NiP2S4+2. The maximum Gasteiger partial charge on any atom is 2.00 e. The van der Waals surface area contributed by atoms with E-state index in [0.29, 0.717) is 0 Å². The van der Waals surface area contributed by atoms with Crippen LogP contribution in [0.1, 0.15) is 0 Å². The molecule has 0 saturated carbocycles. The van der Waals surface area contributed by atoms with Crippen LogP contribution in [-0.2, 0) is 41.7 Å². The van der Waals surface area contributed by atoms with Crippen LogP contribution in [0, 0.1) is 21.3 Å². The summed E-state index contributed by atoms with van der Waals surface area (Å²) in [6.45, 7) is 0. The van der Waals surface area contributed by atoms with Crippen molar-refractivity contribution in [1.29, 1.82) is 10.5 Å². The molecule has 0 saturated heterocycles. The van der Waals surface area contributed by atoms with Crippen molar-refractivity contribution in [3.63, 3.8) is 0 Å². The molecule has 0 fully saturated rings. The van der Waals surface area contributed by atoms with Gasteiger partial charge < -0.3 is 25.3 Å². The standard InChI is InChI=1S/2C19H17PS.2CHNS.Ni/c2*1-4-10-17(11-5-1)20(18-12-6-2-7-13-18)16-21-19-14-8-3-9-15-19;2*2-1-3;/h2*1-15H,16H2;2*3H;/q;;;;+2. The van der Waals surface area contributed by atoms with Gasteiger partial charge in [0.05, 0.1) is 37.1 Å². The monoisotopic (exact) mass is 792 g/mol. The smallest absolute Gasteiger partial charge is 0.696 e. The second-order valence-electron chi connectivity index (χ2n) is 9.81. The molecule has 0 aliphatic heterocycles. The molecule has 0 N–H and O–H groups in total. The van der Waals surface area contributed by atoms with Gasteiger partial charge in [0.2, 0.25) is 0 Å². The number of benzene rings is 6. The Balaban J connectivity index is 0.000000288. The molecule has 0 heterocycles. The minimum atomic E-state index is -0.734. The summed E-state index contributed by atoms with van der Waals surface area (Å²) in [5, 5.41) is 22.9. The number of thioether (sulfide) groups is 2. The Bertz CT molecular complexity index is 1550. The largest absolute Gasteiger partial charge is 2.00 e. The first-order chi connectivity index (χ1) is 23.7. The second kappa shape index (κ2) is 26.6. The van der Waals surface area contributed by atoms with Crippen molar-refractivity contribution in [3.8, 4) is 10.8 Å². The average molecular weight is 794 g/mol. The minimum absolute atomic E-state index is 0. The first-order valence-electron chi connectivity index (χ1n) is 15.0. The normalized spacial score (nSPS) is 9.47. The van der Waals surface area contributed by atoms with Crippen LogP contribution in [0.3, 0.4) is 0 Å². The molecule has 0 radical (unpaired) electrons. The third kappa shape index (κ3) is 16.4. The summed E-state index contributed by atoms with van der Waals surface area (Å²) in [5.74, 6) is 0. The molecule has 0 atom stereocenters. The number of nitriles is 2. The number of thiocyanates is 2. The third-order valence-corrected chi connectivity index (χ3v) is 15.5. The van der Waals surface area contributed by atoms with E-state index in [-0.39, 0.29) is 16.5 Å². The third-order valence-electron chi connectivity index (χ3n) is 6.74. The summed E-state index contributed by atoms with van der Waals surface area (Å²) in [6.07, 6.45) is 0. The predicted molar refractivity (Wildman–Crippen MR) is 221 cm³/mol. The Labute approximate surface area is 324 Å². The fraction of sp³-hybridized carbons (Fsp3) is 0.0500. The van der Waals surface area contributed by atoms with Crippen molar-refractivity contribution < 1.29 is 16.5 Å². The Morgan fingerprint density at radius 2 is 0.571 bits per heavy atom. The van der Waals surface area contributed by atoms with Gasteiger partial charge in [-0.15, -0.1) is 0 Å². The maximum atomic E-state index is 7.13. The molecule has 248 valence electrons. The van der Waals surface area contributed by atoms with E-state index < -0.39 is 15.8 Å². The van der Waals surface area contributed by atoms with E-state index in [1.807, 2.05) is 23.5 Å². The fourth-order valence-corrected chi connectivity index (χ4v) is 13.5. The average Bonchev–Trinajstić information content (AvgIpc) is 3.15. The predicted octanol–water partition coefficient (Wildman–Crippen LogP) is 9.23. The van der Waals surface area contributed by atoms with Crippen LogP contribution in [0.15, 0.2) is 192 Å². The summed E-state index contributed by atoms with van der Waals surface area (Å²) in [5.41, 5.74) is 2.31. The Kier molecular flexibility index (Phi) is 22.8. The van der Waals surface area contributed by atoms with E-state index in [0.717, 1.165) is 11.0 Å². The summed E-state index contributed by atoms with van der Waals surface area (Å²) in [7, 11) is -1.47. The van der Waals surface area contributed by atoms with Crippen LogP contribution < -0.4 is 21.2 Å². The molecule has 0 unspecified atom stereocenters. The van der Waals surface area contributed by atoms with Crippen LogP contribution in [0.2, 0.25) is 0 Å². The second-order valence-corrected chi connectivity index (χ2v) is 18.2. The molecule has 9 heteroatoms. The number of nitrogens with zero attached hydrogens (tertiary/aromatic N) is 2. The van der Waals surface area contributed by atoms with Gasteiger partial charge in [-0.25, -0.2) is 10.5 Å². The molecule has 6 rings (SSSR count). The van der Waals surface area contributed by atoms with Crippen molar-refractivity contribution in [2.45, 2.75) is 9.79 Å². The molecule has 6 aromatic carbocycles. The van der Waals surface area contributed by atoms with Crippen molar-refractivity contribution in [3.05, 3.63) is 182 Å². The summed E-state index contributed by atoms with van der Waals surface area (Å²) >= 11 is 11.3. The van der Waals surface area contributed by atoms with Crippen molar-refractivity contribution in [1.82, 2.24) is 0 Å². The summed E-state index contributed by atoms with van der Waals surface area (Å²) < 4.78 is 0. The minimum Gasteiger partial charge on any atom is -0.696 e. The summed E-state index contributed by atoms with van der Waals surface area (Å²) in [4.78, 5) is 2.71. The van der Waals surface area contributed by atoms with E-state index in [1.54, 1.807) is 0 Å². The molecule has 0 aliphatic carbocycles. The molecule has 0 bridgehead atoms. The molecule has 0 aromatic heterocycles. The van der Waals surface area contributed by atoms with Gasteiger partial charge in [0.15, 0.2) is 0 Å². The van der Waals surface area contributed by atoms with Gasteiger partial charge in [-0.3, -0.25) is 0 Å². The van der Waals surface area contributed by atoms with Crippen LogP contribution in [0.4, 0.5) is 0 Å². The van der Waals surface area contributed by atoms with E-state index >= 15 is 0 Å². The topological polar surface area (TPSA) is 47.6 Å². The van der Waals surface area contributed by atoms with Crippen LogP contribution in [-0.4, -0.2) is 11.0 Å². The quantitative estimate of drug-likeness (QED) is 0.0454. The Hall–Kier alpha value is -3.21. The maximum absolute atomic E-state index is 7.13. The Morgan fingerprint density at radius 1 is 0.388 bits per heavy atom. The first kappa shape index (κ1) is 42.0. The molecular weight excluding hydrogens is 757 g/mol. The van der Waals surface area contributed by atoms with Gasteiger partial charge in [0.25, 0.3) is 0 Å². The van der Waals surface area contributed by atoms with Crippen molar-refractivity contribution in [2.24, 2.45) is 0 Å². The van der Waals surface area contributed by atoms with E-state index in [1.165, 1.54) is 41.8 Å². The number of hydrogen-bond acceptors (Lipinski definition) is 6. The van der Waals surface area contributed by atoms with Gasteiger partial charge in [-0.1, -0.05) is 144 Å². The SMILES string of the molecule is N#C[S-].N#C[S-].[Ni+2].c1ccc(SC[PH+](c2ccccc2)c2ccccc2)cc1.c1ccc(SC[PH+](c2ccccc2)c2ccccc2)cc1. The van der Waals surface area contributed by atoms with E-state index in [9.17, 15) is 0 Å². The molecule has 2 nitrogen and oxygen atoms in total. The molecule has 0 aliphatic rings. The fourth-order valence-electron chi connectivity index (χ4n) is 4.57. The van der Waals surface area contributed by atoms with Gasteiger partial charge >= 0.3 is 16.5 Å². The number of hydrogen-bond donors (Lipinski definition) is 0. The van der Waals surface area contributed by atoms with E-state index in [4.69, 9.17) is 10.5 Å². The molecule has 6 aromatic rings. The van der Waals surface area contributed by atoms with Crippen LogP contribution in [0.25, 0.3) is 0 Å². The van der Waals surface area contributed by atoms with Crippen molar-refractivity contribution >= 4 is 85.8 Å². The van der Waals surface area contributed by atoms with Crippen molar-refractivity contribution in [2.75, 3.05) is 11.0 Å². The molecule has 0 spiro atoms. The Morgan fingerprint density at radius 3 is 0.776 bits per heavy atom. The van der Waals surface area contributed by atoms with Crippen LogP contribution >= 0.6 is 39.4 Å². The van der Waals surface area contributed by atoms with Gasteiger partial charge in [-0.05, 0) is 72.8 Å². The zero-order valence-corrected chi connectivity index (χ0v) is 32.8.